The molecule has 5 N–H and O–H groups in total. The number of phenols is 1. The van der Waals surface area contributed by atoms with E-state index in [2.05, 4.69) is 29.6 Å². The zero-order valence-electron chi connectivity index (χ0n) is 19.5. The van der Waals surface area contributed by atoms with Crippen molar-refractivity contribution in [3.05, 3.63) is 53.2 Å². The van der Waals surface area contributed by atoms with Crippen molar-refractivity contribution in [2.75, 3.05) is 25.5 Å². The summed E-state index contributed by atoms with van der Waals surface area (Å²) in [5, 5.41) is 20.6. The molecule has 1 aliphatic rings. The highest BCUT2D eigenvalue weighted by molar-refractivity contribution is 5.96. The summed E-state index contributed by atoms with van der Waals surface area (Å²) in [5.41, 5.74) is 10.5. The first-order chi connectivity index (χ1) is 16.3. The second-order valence-electron chi connectivity index (χ2n) is 8.75. The molecule has 0 bridgehead atoms. The summed E-state index contributed by atoms with van der Waals surface area (Å²) >= 11 is 0. The highest BCUT2D eigenvalue weighted by Gasteiger charge is 2.28. The van der Waals surface area contributed by atoms with Gasteiger partial charge in [0.2, 0.25) is 5.91 Å². The van der Waals surface area contributed by atoms with E-state index >= 15 is 0 Å². The molecule has 0 aliphatic heterocycles. The summed E-state index contributed by atoms with van der Waals surface area (Å²) < 4.78 is 6.89. The van der Waals surface area contributed by atoms with Gasteiger partial charge in [-0.15, -0.1) is 0 Å². The molecule has 0 saturated heterocycles. The molecule has 9 nitrogen and oxygen atoms in total. The second kappa shape index (κ2) is 9.56. The fourth-order valence-electron chi connectivity index (χ4n) is 4.18. The van der Waals surface area contributed by atoms with E-state index in [0.29, 0.717) is 23.7 Å². The summed E-state index contributed by atoms with van der Waals surface area (Å²) in [5.74, 6) is -0.00321. The molecule has 178 valence electrons. The van der Waals surface area contributed by atoms with Crippen LogP contribution >= 0.6 is 0 Å². The summed E-state index contributed by atoms with van der Waals surface area (Å²) in [6.45, 7) is 5.14. The Hall–Kier alpha value is -3.85. The van der Waals surface area contributed by atoms with Crippen molar-refractivity contribution in [3.8, 4) is 28.4 Å². The van der Waals surface area contributed by atoms with Gasteiger partial charge in [-0.2, -0.15) is 5.10 Å². The molecule has 4 rings (SSSR count). The van der Waals surface area contributed by atoms with Gasteiger partial charge in [-0.05, 0) is 55.1 Å². The van der Waals surface area contributed by atoms with E-state index in [0.717, 1.165) is 35.3 Å². The zero-order valence-corrected chi connectivity index (χ0v) is 19.5. The van der Waals surface area contributed by atoms with Gasteiger partial charge in [-0.3, -0.25) is 9.59 Å². The van der Waals surface area contributed by atoms with Crippen molar-refractivity contribution in [1.82, 2.24) is 15.1 Å². The number of rotatable bonds is 8. The van der Waals surface area contributed by atoms with Crippen LogP contribution in [0.4, 0.5) is 5.69 Å². The van der Waals surface area contributed by atoms with Crippen molar-refractivity contribution >= 4 is 17.5 Å². The highest BCUT2D eigenvalue weighted by Crippen LogP contribution is 2.39. The van der Waals surface area contributed by atoms with Crippen LogP contribution < -0.4 is 21.1 Å². The number of benzene rings is 2. The average Bonchev–Trinajstić information content (AvgIpc) is 3.19. The van der Waals surface area contributed by atoms with Gasteiger partial charge in [0, 0.05) is 22.9 Å². The van der Waals surface area contributed by atoms with E-state index in [1.165, 1.54) is 13.2 Å². The number of nitrogens with zero attached hydrogens (tertiary/aromatic N) is 2. The number of hydrogen-bond donors (Lipinski definition) is 4. The standard InChI is InChI=1S/C25H29N5O4/c1-14(2)12-27-13-22(32)28-16-6-4-15-5-8-18-23(25(26)33)29-30(24(18)19(15)10-16)17-7-9-20(31)21(11-17)34-3/h4,6-7,9-11,14,27,31H,5,8,12-13H2,1-3H3,(H2,26,33)(H,28,32). The first kappa shape index (κ1) is 23.3. The fraction of sp³-hybridized carbons (Fsp3) is 0.320. The van der Waals surface area contributed by atoms with Gasteiger partial charge in [-0.1, -0.05) is 19.9 Å². The van der Waals surface area contributed by atoms with Crippen molar-refractivity contribution < 1.29 is 19.4 Å². The second-order valence-corrected chi connectivity index (χ2v) is 8.75. The Labute approximate surface area is 197 Å². The third-order valence-electron chi connectivity index (χ3n) is 5.76. The van der Waals surface area contributed by atoms with E-state index in [-0.39, 0.29) is 29.6 Å². The van der Waals surface area contributed by atoms with Crippen LogP contribution in [0.2, 0.25) is 0 Å². The maximum absolute atomic E-state index is 12.4. The Morgan fingerprint density at radius 2 is 2.00 bits per heavy atom. The molecule has 1 heterocycles. The maximum atomic E-state index is 12.4. The van der Waals surface area contributed by atoms with Gasteiger partial charge in [0.25, 0.3) is 5.91 Å². The zero-order chi connectivity index (χ0) is 24.4. The Morgan fingerprint density at radius 1 is 1.21 bits per heavy atom. The minimum absolute atomic E-state index is 0.00104. The van der Waals surface area contributed by atoms with Gasteiger partial charge < -0.3 is 26.2 Å². The van der Waals surface area contributed by atoms with Crippen LogP contribution in [0.1, 0.15) is 35.5 Å². The van der Waals surface area contributed by atoms with Crippen molar-refractivity contribution in [3.63, 3.8) is 0 Å². The smallest absolute Gasteiger partial charge is 0.269 e. The van der Waals surface area contributed by atoms with Crippen LogP contribution in [0.3, 0.4) is 0 Å². The normalized spacial score (nSPS) is 12.2. The number of anilines is 1. The Kier molecular flexibility index (Phi) is 6.56. The average molecular weight is 464 g/mol. The third kappa shape index (κ3) is 4.60. The number of methoxy groups -OCH3 is 1. The number of ether oxygens (including phenoxy) is 1. The first-order valence-electron chi connectivity index (χ1n) is 11.2. The molecule has 0 unspecified atom stereocenters. The molecule has 2 aromatic carbocycles. The van der Waals surface area contributed by atoms with E-state index in [4.69, 9.17) is 10.5 Å². The van der Waals surface area contributed by atoms with Gasteiger partial charge >= 0.3 is 0 Å². The number of hydrogen-bond acceptors (Lipinski definition) is 6. The summed E-state index contributed by atoms with van der Waals surface area (Å²) in [4.78, 5) is 24.6. The molecule has 1 aromatic heterocycles. The molecule has 2 amide bonds. The van der Waals surface area contributed by atoms with Crippen LogP contribution in [0.5, 0.6) is 11.5 Å². The summed E-state index contributed by atoms with van der Waals surface area (Å²) in [6, 6.07) is 10.6. The molecule has 0 spiro atoms. The molecule has 0 atom stereocenters. The monoisotopic (exact) mass is 463 g/mol. The number of carbonyl (C=O) groups excluding carboxylic acids is 2. The van der Waals surface area contributed by atoms with Gasteiger partial charge in [0.05, 0.1) is 25.0 Å². The topological polar surface area (TPSA) is 132 Å². The molecule has 0 fully saturated rings. The highest BCUT2D eigenvalue weighted by atomic mass is 16.5. The van der Waals surface area contributed by atoms with Crippen LogP contribution in [0, 0.1) is 5.92 Å². The number of carbonyl (C=O) groups is 2. The van der Waals surface area contributed by atoms with E-state index in [1.807, 2.05) is 18.2 Å². The van der Waals surface area contributed by atoms with Crippen molar-refractivity contribution in [2.24, 2.45) is 11.7 Å². The predicted molar refractivity (Wildman–Crippen MR) is 129 cm³/mol. The lowest BCUT2D eigenvalue weighted by Crippen LogP contribution is -2.30. The number of nitrogens with two attached hydrogens (primary N) is 1. The van der Waals surface area contributed by atoms with Crippen LogP contribution in [-0.2, 0) is 17.6 Å². The number of amides is 2. The Morgan fingerprint density at radius 3 is 2.71 bits per heavy atom. The number of primary amides is 1. The van der Waals surface area contributed by atoms with E-state index in [9.17, 15) is 14.7 Å². The summed E-state index contributed by atoms with van der Waals surface area (Å²) in [7, 11) is 1.46. The molecule has 34 heavy (non-hydrogen) atoms. The quantitative estimate of drug-likeness (QED) is 0.406. The molecular weight excluding hydrogens is 434 g/mol. The molecule has 1 aliphatic carbocycles. The van der Waals surface area contributed by atoms with Crippen molar-refractivity contribution in [2.45, 2.75) is 26.7 Å². The number of phenolic OH excluding ortho intramolecular Hbond substituents is 1. The number of aryl methyl sites for hydroxylation is 1. The first-order valence-corrected chi connectivity index (χ1v) is 11.2. The van der Waals surface area contributed by atoms with Gasteiger partial charge in [0.1, 0.15) is 0 Å². The van der Waals surface area contributed by atoms with Crippen LogP contribution in [-0.4, -0.2) is 46.9 Å². The van der Waals surface area contributed by atoms with E-state index in [1.54, 1.807) is 16.8 Å². The number of fused-ring (bicyclic) bond motifs is 3. The molecule has 3 aromatic rings. The number of aromatic nitrogens is 2. The van der Waals surface area contributed by atoms with Crippen LogP contribution in [0.15, 0.2) is 36.4 Å². The molecular formula is C25H29N5O4. The van der Waals surface area contributed by atoms with Crippen LogP contribution in [0.25, 0.3) is 16.9 Å². The number of nitrogens with one attached hydrogen (secondary N) is 2. The lowest BCUT2D eigenvalue weighted by molar-refractivity contribution is -0.115. The molecule has 0 saturated carbocycles. The van der Waals surface area contributed by atoms with Crippen molar-refractivity contribution in [1.29, 1.82) is 0 Å². The lowest BCUT2D eigenvalue weighted by atomic mass is 9.88. The maximum Gasteiger partial charge on any atom is 0.269 e. The minimum Gasteiger partial charge on any atom is -0.504 e. The summed E-state index contributed by atoms with van der Waals surface area (Å²) in [6.07, 6.45) is 1.33. The largest absolute Gasteiger partial charge is 0.504 e. The van der Waals surface area contributed by atoms with Gasteiger partial charge in [0.15, 0.2) is 17.2 Å². The van der Waals surface area contributed by atoms with E-state index < -0.39 is 5.91 Å². The van der Waals surface area contributed by atoms with Gasteiger partial charge in [-0.25, -0.2) is 4.68 Å². The lowest BCUT2D eigenvalue weighted by Gasteiger charge is -2.20. The Balaban J connectivity index is 1.75. The molecule has 0 radical (unpaired) electrons. The third-order valence-corrected chi connectivity index (χ3v) is 5.76. The minimum atomic E-state index is -0.607. The molecule has 9 heteroatoms. The Bertz CT molecular complexity index is 1250. The predicted octanol–water partition coefficient (Wildman–Crippen LogP) is 2.64. The fourth-order valence-corrected chi connectivity index (χ4v) is 4.18. The SMILES string of the molecule is COc1cc(-n2nc(C(N)=O)c3c2-c2cc(NC(=O)CNCC(C)C)ccc2CC3)ccc1O. The number of aromatic hydroxyl groups is 1.